The highest BCUT2D eigenvalue weighted by molar-refractivity contribution is 7.88. The maximum Gasteiger partial charge on any atom is 0.255 e. The molecule has 150 valence electrons. The van der Waals surface area contributed by atoms with Crippen molar-refractivity contribution < 1.29 is 23.1 Å². The average molecular weight is 405 g/mol. The fourth-order valence-electron chi connectivity index (χ4n) is 2.44. The summed E-state index contributed by atoms with van der Waals surface area (Å²) in [6, 6.07) is 14.3. The smallest absolute Gasteiger partial charge is 0.255 e. The van der Waals surface area contributed by atoms with Crippen LogP contribution in [-0.4, -0.2) is 56.4 Å². The van der Waals surface area contributed by atoms with Crippen LogP contribution in [0.1, 0.15) is 11.1 Å². The number of hydrazone groups is 1. The maximum atomic E-state index is 12.1. The molecule has 1 amide bonds. The standard InChI is InChI=1S/C19H23N3O5S/c1-27-17-10-6-9-16(19(17)24)13-20-21-18(23)14-22(28(2,25)26)12-11-15-7-4-3-5-8-15/h3-10,13,24H,11-12,14H2,1-2H3,(H,21,23). The highest BCUT2D eigenvalue weighted by Gasteiger charge is 2.19. The number of hydrogen-bond acceptors (Lipinski definition) is 6. The lowest BCUT2D eigenvalue weighted by Crippen LogP contribution is -2.40. The normalized spacial score (nSPS) is 11.7. The predicted octanol–water partition coefficient (Wildman–Crippen LogP) is 1.36. The molecule has 28 heavy (non-hydrogen) atoms. The third kappa shape index (κ3) is 6.36. The van der Waals surface area contributed by atoms with Crippen molar-refractivity contribution in [2.45, 2.75) is 6.42 Å². The summed E-state index contributed by atoms with van der Waals surface area (Å²) in [6.07, 6.45) is 2.80. The first-order valence-electron chi connectivity index (χ1n) is 8.48. The average Bonchev–Trinajstić information content (AvgIpc) is 2.66. The first-order chi connectivity index (χ1) is 13.3. The van der Waals surface area contributed by atoms with Gasteiger partial charge in [0, 0.05) is 12.1 Å². The molecule has 2 N–H and O–H groups in total. The van der Waals surface area contributed by atoms with E-state index in [0.717, 1.165) is 16.1 Å². The summed E-state index contributed by atoms with van der Waals surface area (Å²) in [7, 11) is -2.14. The number of ether oxygens (including phenoxy) is 1. The molecule has 0 unspecified atom stereocenters. The number of methoxy groups -OCH3 is 1. The van der Waals surface area contributed by atoms with Gasteiger partial charge < -0.3 is 9.84 Å². The first kappa shape index (κ1) is 21.4. The zero-order valence-corrected chi connectivity index (χ0v) is 16.5. The minimum Gasteiger partial charge on any atom is -0.504 e. The molecule has 0 atom stereocenters. The zero-order valence-electron chi connectivity index (χ0n) is 15.7. The van der Waals surface area contributed by atoms with E-state index in [0.29, 0.717) is 12.0 Å². The molecule has 9 heteroatoms. The topological polar surface area (TPSA) is 108 Å². The van der Waals surface area contributed by atoms with E-state index < -0.39 is 15.9 Å². The lowest BCUT2D eigenvalue weighted by Gasteiger charge is -2.18. The van der Waals surface area contributed by atoms with Crippen LogP contribution in [0.3, 0.4) is 0 Å². The quantitative estimate of drug-likeness (QED) is 0.484. The van der Waals surface area contributed by atoms with Crippen LogP contribution in [0.15, 0.2) is 53.6 Å². The molecule has 0 saturated heterocycles. The minimum atomic E-state index is -3.56. The number of rotatable bonds is 9. The molecule has 0 fully saturated rings. The van der Waals surface area contributed by atoms with Crippen molar-refractivity contribution in [3.63, 3.8) is 0 Å². The number of hydrogen-bond donors (Lipinski definition) is 2. The Balaban J connectivity index is 1.96. The number of carbonyl (C=O) groups is 1. The van der Waals surface area contributed by atoms with Crippen LogP contribution in [0.2, 0.25) is 0 Å². The van der Waals surface area contributed by atoms with Gasteiger partial charge in [-0.15, -0.1) is 0 Å². The summed E-state index contributed by atoms with van der Waals surface area (Å²) in [5.41, 5.74) is 3.59. The molecule has 0 saturated carbocycles. The summed E-state index contributed by atoms with van der Waals surface area (Å²) in [5.74, 6) is -0.416. The van der Waals surface area contributed by atoms with Crippen LogP contribution < -0.4 is 10.2 Å². The van der Waals surface area contributed by atoms with Gasteiger partial charge in [0.2, 0.25) is 10.0 Å². The van der Waals surface area contributed by atoms with Crippen molar-refractivity contribution in [3.05, 3.63) is 59.7 Å². The van der Waals surface area contributed by atoms with E-state index in [1.165, 1.54) is 13.3 Å². The van der Waals surface area contributed by atoms with Crippen LogP contribution in [0.5, 0.6) is 11.5 Å². The Kier molecular flexibility index (Phi) is 7.53. The van der Waals surface area contributed by atoms with Crippen molar-refractivity contribution in [1.82, 2.24) is 9.73 Å². The molecule has 8 nitrogen and oxygen atoms in total. The lowest BCUT2D eigenvalue weighted by atomic mass is 10.1. The monoisotopic (exact) mass is 405 g/mol. The summed E-state index contributed by atoms with van der Waals surface area (Å²) >= 11 is 0. The van der Waals surface area contributed by atoms with Gasteiger partial charge in [0.15, 0.2) is 11.5 Å². The Hall–Kier alpha value is -2.91. The predicted molar refractivity (Wildman–Crippen MR) is 107 cm³/mol. The number of nitrogens with one attached hydrogen (secondary N) is 1. The second-order valence-electron chi connectivity index (χ2n) is 6.02. The Morgan fingerprint density at radius 1 is 1.21 bits per heavy atom. The molecule has 0 spiro atoms. The summed E-state index contributed by atoms with van der Waals surface area (Å²) in [4.78, 5) is 12.1. The molecule has 2 aromatic carbocycles. The molecule has 0 bridgehead atoms. The number of phenols is 1. The van der Waals surface area contributed by atoms with Gasteiger partial charge in [-0.25, -0.2) is 13.8 Å². The van der Waals surface area contributed by atoms with Crippen LogP contribution in [0.25, 0.3) is 0 Å². The highest BCUT2D eigenvalue weighted by Crippen LogP contribution is 2.27. The molecular formula is C19H23N3O5S. The minimum absolute atomic E-state index is 0.108. The van der Waals surface area contributed by atoms with E-state index >= 15 is 0 Å². The largest absolute Gasteiger partial charge is 0.504 e. The number of benzene rings is 2. The second-order valence-corrected chi connectivity index (χ2v) is 8.01. The molecular weight excluding hydrogens is 382 g/mol. The molecule has 2 aromatic rings. The lowest BCUT2D eigenvalue weighted by molar-refractivity contribution is -0.121. The van der Waals surface area contributed by atoms with Gasteiger partial charge in [0.1, 0.15) is 0 Å². The van der Waals surface area contributed by atoms with Crippen molar-refractivity contribution in [1.29, 1.82) is 0 Å². The van der Waals surface area contributed by atoms with Crippen LogP contribution in [0.4, 0.5) is 0 Å². The molecule has 0 aromatic heterocycles. The Morgan fingerprint density at radius 2 is 1.93 bits per heavy atom. The van der Waals surface area contributed by atoms with Gasteiger partial charge in [-0.05, 0) is 24.1 Å². The zero-order chi connectivity index (χ0) is 20.6. The van der Waals surface area contributed by atoms with E-state index in [1.54, 1.807) is 18.2 Å². The molecule has 0 aliphatic carbocycles. The van der Waals surface area contributed by atoms with Crippen molar-refractivity contribution in [3.8, 4) is 11.5 Å². The summed E-state index contributed by atoms with van der Waals surface area (Å²) in [6.45, 7) is -0.177. The SMILES string of the molecule is COc1cccc(C=NNC(=O)CN(CCc2ccccc2)S(C)(=O)=O)c1O. The third-order valence-electron chi connectivity index (χ3n) is 3.92. The summed E-state index contributed by atoms with van der Waals surface area (Å²) < 4.78 is 30.0. The number of nitrogens with zero attached hydrogens (tertiary/aromatic N) is 2. The van der Waals surface area contributed by atoms with Crippen LogP contribution in [-0.2, 0) is 21.2 Å². The van der Waals surface area contributed by atoms with Crippen molar-refractivity contribution in [2.75, 3.05) is 26.5 Å². The van der Waals surface area contributed by atoms with Crippen molar-refractivity contribution in [2.24, 2.45) is 5.10 Å². The number of amides is 1. The van der Waals surface area contributed by atoms with Crippen LogP contribution in [0, 0.1) is 0 Å². The maximum absolute atomic E-state index is 12.1. The Labute approximate surface area is 164 Å². The first-order valence-corrected chi connectivity index (χ1v) is 10.3. The van der Waals surface area contributed by atoms with Gasteiger partial charge in [-0.3, -0.25) is 4.79 Å². The fourth-order valence-corrected chi connectivity index (χ4v) is 3.21. The fraction of sp³-hybridized carbons (Fsp3) is 0.263. The van der Waals surface area contributed by atoms with Gasteiger partial charge >= 0.3 is 0 Å². The van der Waals surface area contributed by atoms with Gasteiger partial charge in [-0.2, -0.15) is 9.41 Å². The second kappa shape index (κ2) is 9.86. The molecule has 0 heterocycles. The molecule has 2 rings (SSSR count). The third-order valence-corrected chi connectivity index (χ3v) is 5.17. The number of phenolic OH excluding ortho intramolecular Hbond substituents is 1. The van der Waals surface area contributed by atoms with Gasteiger partial charge in [0.05, 0.1) is 26.1 Å². The van der Waals surface area contributed by atoms with Crippen molar-refractivity contribution >= 4 is 22.1 Å². The van der Waals surface area contributed by atoms with Gasteiger partial charge in [-0.1, -0.05) is 36.4 Å². The number of para-hydroxylation sites is 1. The van der Waals surface area contributed by atoms with Crippen LogP contribution >= 0.6 is 0 Å². The highest BCUT2D eigenvalue weighted by atomic mass is 32.2. The van der Waals surface area contributed by atoms with Gasteiger partial charge in [0.25, 0.3) is 5.91 Å². The molecule has 0 aliphatic heterocycles. The van der Waals surface area contributed by atoms with E-state index in [9.17, 15) is 18.3 Å². The number of carbonyl (C=O) groups excluding carboxylic acids is 1. The van der Waals surface area contributed by atoms with E-state index in [1.807, 2.05) is 30.3 Å². The molecule has 0 radical (unpaired) electrons. The Morgan fingerprint density at radius 3 is 2.57 bits per heavy atom. The van der Waals surface area contributed by atoms with E-state index in [2.05, 4.69) is 10.5 Å². The number of sulfonamides is 1. The molecule has 0 aliphatic rings. The van der Waals surface area contributed by atoms with E-state index in [4.69, 9.17) is 4.74 Å². The number of aromatic hydroxyl groups is 1. The summed E-state index contributed by atoms with van der Waals surface area (Å²) in [5, 5.41) is 13.7. The van der Waals surface area contributed by atoms with E-state index in [-0.39, 0.29) is 24.6 Å². The Bertz CT molecular complexity index is 930.